The number of amides is 3. The normalized spacial score (nSPS) is 16.9. The van der Waals surface area contributed by atoms with E-state index in [2.05, 4.69) is 10.6 Å². The smallest absolute Gasteiger partial charge is 0.242 e. The topological polar surface area (TPSA) is 106 Å². The molecule has 9 nitrogen and oxygen atoms in total. The molecule has 2 atom stereocenters. The van der Waals surface area contributed by atoms with Gasteiger partial charge in [-0.3, -0.25) is 14.4 Å². The van der Waals surface area contributed by atoms with Crippen LogP contribution in [-0.2, 0) is 14.4 Å². The Morgan fingerprint density at radius 3 is 2.31 bits per heavy atom. The Hall–Kier alpha value is -2.97. The third-order valence-electron chi connectivity index (χ3n) is 4.76. The van der Waals surface area contributed by atoms with E-state index in [0.29, 0.717) is 29.5 Å². The SMILES string of the molecule is CCCNC(=O)C(C)NC(=O)C1CC(=O)N(c2cc(OC)c(OC)c(OC)c2)C1. The zero-order chi connectivity index (χ0) is 21.6. The van der Waals surface area contributed by atoms with Crippen LogP contribution in [0.15, 0.2) is 12.1 Å². The van der Waals surface area contributed by atoms with Gasteiger partial charge in [0.05, 0.1) is 32.9 Å². The maximum Gasteiger partial charge on any atom is 0.242 e. The molecule has 29 heavy (non-hydrogen) atoms. The van der Waals surface area contributed by atoms with E-state index in [0.717, 1.165) is 6.42 Å². The number of methoxy groups -OCH3 is 3. The van der Waals surface area contributed by atoms with Gasteiger partial charge in [0.2, 0.25) is 23.5 Å². The molecule has 0 saturated carbocycles. The van der Waals surface area contributed by atoms with Gasteiger partial charge in [0, 0.05) is 31.6 Å². The van der Waals surface area contributed by atoms with Gasteiger partial charge >= 0.3 is 0 Å². The fourth-order valence-corrected chi connectivity index (χ4v) is 3.15. The van der Waals surface area contributed by atoms with E-state index in [1.807, 2.05) is 6.92 Å². The van der Waals surface area contributed by atoms with Gasteiger partial charge in [-0.25, -0.2) is 0 Å². The second kappa shape index (κ2) is 9.99. The highest BCUT2D eigenvalue weighted by Gasteiger charge is 2.36. The van der Waals surface area contributed by atoms with Crippen molar-refractivity contribution >= 4 is 23.4 Å². The molecule has 2 N–H and O–H groups in total. The van der Waals surface area contributed by atoms with Crippen LogP contribution >= 0.6 is 0 Å². The van der Waals surface area contributed by atoms with Gasteiger partial charge in [-0.15, -0.1) is 0 Å². The Morgan fingerprint density at radius 2 is 1.79 bits per heavy atom. The number of nitrogens with zero attached hydrogens (tertiary/aromatic N) is 1. The molecule has 0 aromatic heterocycles. The zero-order valence-electron chi connectivity index (χ0n) is 17.5. The van der Waals surface area contributed by atoms with Crippen molar-refractivity contribution in [2.75, 3.05) is 39.3 Å². The van der Waals surface area contributed by atoms with Crippen molar-refractivity contribution in [2.24, 2.45) is 5.92 Å². The molecule has 1 aliphatic rings. The van der Waals surface area contributed by atoms with Gasteiger partial charge in [0.25, 0.3) is 0 Å². The molecule has 3 amide bonds. The molecule has 2 unspecified atom stereocenters. The highest BCUT2D eigenvalue weighted by Crippen LogP contribution is 2.42. The van der Waals surface area contributed by atoms with Crippen molar-refractivity contribution < 1.29 is 28.6 Å². The summed E-state index contributed by atoms with van der Waals surface area (Å²) in [6, 6.07) is 2.67. The Morgan fingerprint density at radius 1 is 1.17 bits per heavy atom. The first kappa shape index (κ1) is 22.3. The summed E-state index contributed by atoms with van der Waals surface area (Å²) in [6.07, 6.45) is 0.874. The van der Waals surface area contributed by atoms with Gasteiger partial charge in [-0.2, -0.15) is 0 Å². The van der Waals surface area contributed by atoms with Crippen molar-refractivity contribution in [1.82, 2.24) is 10.6 Å². The predicted molar refractivity (Wildman–Crippen MR) is 107 cm³/mol. The lowest BCUT2D eigenvalue weighted by Crippen LogP contribution is -2.47. The zero-order valence-corrected chi connectivity index (χ0v) is 17.5. The molecule has 0 aliphatic carbocycles. The maximum atomic E-state index is 12.6. The summed E-state index contributed by atoms with van der Waals surface area (Å²) in [5.74, 6) is -0.0527. The summed E-state index contributed by atoms with van der Waals surface area (Å²) in [5, 5.41) is 5.42. The summed E-state index contributed by atoms with van der Waals surface area (Å²) in [7, 11) is 4.49. The average molecular weight is 407 g/mol. The molecule has 1 aromatic carbocycles. The van der Waals surface area contributed by atoms with Crippen molar-refractivity contribution in [2.45, 2.75) is 32.7 Å². The molecule has 160 valence electrons. The molecular weight excluding hydrogens is 378 g/mol. The monoisotopic (exact) mass is 407 g/mol. The Bertz CT molecular complexity index is 742. The Balaban J connectivity index is 2.12. The standard InChI is InChI=1S/C20H29N3O6/c1-6-7-21-19(25)12(2)22-20(26)13-8-17(24)23(11-13)14-9-15(27-3)18(29-5)16(10-14)28-4/h9-10,12-13H,6-8,11H2,1-5H3,(H,21,25)(H,22,26). The molecule has 9 heteroatoms. The Kier molecular flexibility index (Phi) is 7.69. The summed E-state index contributed by atoms with van der Waals surface area (Å²) in [5.41, 5.74) is 0.550. The average Bonchev–Trinajstić information content (AvgIpc) is 3.12. The molecule has 1 heterocycles. The van der Waals surface area contributed by atoms with Crippen LogP contribution in [0.5, 0.6) is 17.2 Å². The summed E-state index contributed by atoms with van der Waals surface area (Å²) in [6.45, 7) is 4.32. The second-order valence-electron chi connectivity index (χ2n) is 6.81. The third kappa shape index (κ3) is 5.10. The quantitative estimate of drug-likeness (QED) is 0.635. The molecule has 0 radical (unpaired) electrons. The van der Waals surface area contributed by atoms with Crippen molar-refractivity contribution in [1.29, 1.82) is 0 Å². The van der Waals surface area contributed by atoms with E-state index in [9.17, 15) is 14.4 Å². The lowest BCUT2D eigenvalue weighted by molar-refractivity contribution is -0.130. The number of benzene rings is 1. The van der Waals surface area contributed by atoms with Gasteiger partial charge in [-0.1, -0.05) is 6.92 Å². The fourth-order valence-electron chi connectivity index (χ4n) is 3.15. The number of rotatable bonds is 9. The van der Waals surface area contributed by atoms with Crippen LogP contribution in [0, 0.1) is 5.92 Å². The van der Waals surface area contributed by atoms with Gasteiger partial charge in [-0.05, 0) is 13.3 Å². The van der Waals surface area contributed by atoms with Crippen LogP contribution in [0.1, 0.15) is 26.7 Å². The van der Waals surface area contributed by atoms with Crippen LogP contribution in [0.3, 0.4) is 0 Å². The highest BCUT2D eigenvalue weighted by atomic mass is 16.5. The maximum absolute atomic E-state index is 12.6. The third-order valence-corrected chi connectivity index (χ3v) is 4.76. The molecule has 0 bridgehead atoms. The van der Waals surface area contributed by atoms with E-state index < -0.39 is 12.0 Å². The van der Waals surface area contributed by atoms with Crippen LogP contribution in [0.2, 0.25) is 0 Å². The number of carbonyl (C=O) groups excluding carboxylic acids is 3. The molecule has 1 saturated heterocycles. The number of hydrogen-bond donors (Lipinski definition) is 2. The van der Waals surface area contributed by atoms with Crippen molar-refractivity contribution in [3.63, 3.8) is 0 Å². The first-order valence-electron chi connectivity index (χ1n) is 9.54. The Labute approximate surface area is 170 Å². The molecular formula is C20H29N3O6. The number of nitrogens with one attached hydrogen (secondary N) is 2. The number of carbonyl (C=O) groups is 3. The van der Waals surface area contributed by atoms with Crippen LogP contribution < -0.4 is 29.7 Å². The van der Waals surface area contributed by atoms with E-state index in [-0.39, 0.29) is 30.7 Å². The van der Waals surface area contributed by atoms with E-state index in [4.69, 9.17) is 14.2 Å². The van der Waals surface area contributed by atoms with E-state index >= 15 is 0 Å². The van der Waals surface area contributed by atoms with Crippen LogP contribution in [0.25, 0.3) is 0 Å². The minimum absolute atomic E-state index is 0.0613. The lowest BCUT2D eigenvalue weighted by atomic mass is 10.1. The van der Waals surface area contributed by atoms with Gasteiger partial charge in [0.15, 0.2) is 11.5 Å². The molecule has 1 aliphatic heterocycles. The van der Waals surface area contributed by atoms with Crippen LogP contribution in [0.4, 0.5) is 5.69 Å². The van der Waals surface area contributed by atoms with E-state index in [1.54, 1.807) is 19.1 Å². The van der Waals surface area contributed by atoms with Gasteiger partial charge in [0.1, 0.15) is 6.04 Å². The first-order chi connectivity index (χ1) is 13.9. The molecule has 1 aromatic rings. The molecule has 0 spiro atoms. The minimum Gasteiger partial charge on any atom is -0.493 e. The van der Waals surface area contributed by atoms with E-state index in [1.165, 1.54) is 26.2 Å². The number of ether oxygens (including phenoxy) is 3. The van der Waals surface area contributed by atoms with Gasteiger partial charge < -0.3 is 29.7 Å². The number of hydrogen-bond acceptors (Lipinski definition) is 6. The fraction of sp³-hybridized carbons (Fsp3) is 0.550. The molecule has 1 fully saturated rings. The first-order valence-corrected chi connectivity index (χ1v) is 9.54. The summed E-state index contributed by atoms with van der Waals surface area (Å²) < 4.78 is 16.0. The predicted octanol–water partition coefficient (Wildman–Crippen LogP) is 1.10. The largest absolute Gasteiger partial charge is 0.493 e. The number of anilines is 1. The van der Waals surface area contributed by atoms with Crippen LogP contribution in [-0.4, -0.2) is 58.2 Å². The highest BCUT2D eigenvalue weighted by molar-refractivity contribution is 6.01. The summed E-state index contributed by atoms with van der Waals surface area (Å²) >= 11 is 0. The van der Waals surface area contributed by atoms with Crippen molar-refractivity contribution in [3.05, 3.63) is 12.1 Å². The second-order valence-corrected chi connectivity index (χ2v) is 6.81. The lowest BCUT2D eigenvalue weighted by Gasteiger charge is -2.21. The minimum atomic E-state index is -0.667. The summed E-state index contributed by atoms with van der Waals surface area (Å²) in [4.78, 5) is 38.6. The van der Waals surface area contributed by atoms with Crippen molar-refractivity contribution in [3.8, 4) is 17.2 Å². The molecule has 2 rings (SSSR count).